The molecule has 5 rings (SSSR count). The summed E-state index contributed by atoms with van der Waals surface area (Å²) in [7, 11) is 0. The molecule has 0 aliphatic heterocycles. The molecule has 2 heterocycles. The zero-order chi connectivity index (χ0) is 17.9. The topological polar surface area (TPSA) is 31.6 Å². The Morgan fingerprint density at radius 2 is 1.46 bits per heavy atom. The smallest absolute Gasteiger partial charge is 0.359 e. The van der Waals surface area contributed by atoms with Crippen molar-refractivity contribution in [3.63, 3.8) is 0 Å². The fraction of sp³-hybridized carbons (Fsp3) is 0.0476. The number of aromatic amines is 2. The first-order valence-electron chi connectivity index (χ1n) is 8.20. The van der Waals surface area contributed by atoms with Gasteiger partial charge in [-0.05, 0) is 41.5 Å². The maximum atomic E-state index is 12.8. The summed E-state index contributed by atoms with van der Waals surface area (Å²) >= 11 is 0. The molecule has 0 aliphatic carbocycles. The highest BCUT2D eigenvalue weighted by atomic mass is 19.4. The average Bonchev–Trinajstić information content (AvgIpc) is 3.24. The van der Waals surface area contributed by atoms with Crippen LogP contribution in [0.4, 0.5) is 13.2 Å². The molecule has 2 N–H and O–H groups in total. The van der Waals surface area contributed by atoms with Gasteiger partial charge >= 0.3 is 6.18 Å². The summed E-state index contributed by atoms with van der Waals surface area (Å²) in [6, 6.07) is 17.3. The Morgan fingerprint density at radius 3 is 2.23 bits per heavy atom. The van der Waals surface area contributed by atoms with Crippen molar-refractivity contribution in [2.45, 2.75) is 6.18 Å². The molecule has 5 heteroatoms. The quantitative estimate of drug-likeness (QED) is 0.346. The van der Waals surface area contributed by atoms with Gasteiger partial charge in [-0.1, -0.05) is 30.3 Å². The average molecular weight is 350 g/mol. The van der Waals surface area contributed by atoms with Gasteiger partial charge in [0.1, 0.15) is 0 Å². The van der Waals surface area contributed by atoms with Crippen LogP contribution in [0.5, 0.6) is 0 Å². The van der Waals surface area contributed by atoms with Crippen LogP contribution >= 0.6 is 0 Å². The molecule has 128 valence electrons. The third-order valence-electron chi connectivity index (χ3n) is 4.84. The minimum absolute atomic E-state index is 0.636. The van der Waals surface area contributed by atoms with Crippen LogP contribution in [0, 0.1) is 0 Å². The fourth-order valence-electron chi connectivity index (χ4n) is 3.52. The summed E-state index contributed by atoms with van der Waals surface area (Å²) in [4.78, 5) is 6.69. The number of hydrogen-bond acceptors (Lipinski definition) is 0. The number of rotatable bonds is 1. The summed E-state index contributed by atoms with van der Waals surface area (Å²) in [5.41, 5.74) is 4.09. The lowest BCUT2D eigenvalue weighted by molar-refractivity contribution is -0.137. The van der Waals surface area contributed by atoms with Gasteiger partial charge < -0.3 is 9.97 Å². The highest BCUT2D eigenvalue weighted by molar-refractivity contribution is 6.16. The highest BCUT2D eigenvalue weighted by Gasteiger charge is 2.29. The van der Waals surface area contributed by atoms with Crippen LogP contribution in [0.15, 0.2) is 66.9 Å². The monoisotopic (exact) mass is 350 g/mol. The minimum atomic E-state index is -4.32. The molecule has 0 unspecified atom stereocenters. The SMILES string of the molecule is FC(F)(F)c1ccc(-c2ccc3[nH]c4c(ccc5cc[nH]c54)c3c2)cc1. The van der Waals surface area contributed by atoms with Crippen LogP contribution in [0.3, 0.4) is 0 Å². The Balaban J connectivity index is 1.68. The maximum absolute atomic E-state index is 12.8. The van der Waals surface area contributed by atoms with Gasteiger partial charge in [-0.15, -0.1) is 0 Å². The van der Waals surface area contributed by atoms with Gasteiger partial charge in [0.05, 0.1) is 16.6 Å². The molecule has 2 nitrogen and oxygen atoms in total. The van der Waals surface area contributed by atoms with Crippen molar-refractivity contribution in [2.75, 3.05) is 0 Å². The molecule has 0 bridgehead atoms. The maximum Gasteiger partial charge on any atom is 0.416 e. The summed E-state index contributed by atoms with van der Waals surface area (Å²) in [6.45, 7) is 0. The van der Waals surface area contributed by atoms with E-state index in [-0.39, 0.29) is 0 Å². The second-order valence-electron chi connectivity index (χ2n) is 6.39. The molecule has 0 radical (unpaired) electrons. The number of aromatic nitrogens is 2. The Hall–Kier alpha value is -3.21. The second-order valence-corrected chi connectivity index (χ2v) is 6.39. The van der Waals surface area contributed by atoms with Gasteiger partial charge in [0.15, 0.2) is 0 Å². The van der Waals surface area contributed by atoms with Crippen molar-refractivity contribution in [2.24, 2.45) is 0 Å². The fourth-order valence-corrected chi connectivity index (χ4v) is 3.52. The largest absolute Gasteiger partial charge is 0.416 e. The van der Waals surface area contributed by atoms with Gasteiger partial charge in [0.2, 0.25) is 0 Å². The van der Waals surface area contributed by atoms with Gasteiger partial charge in [-0.25, -0.2) is 0 Å². The summed E-state index contributed by atoms with van der Waals surface area (Å²) in [5, 5.41) is 3.27. The Morgan fingerprint density at radius 1 is 0.692 bits per heavy atom. The first-order chi connectivity index (χ1) is 12.5. The van der Waals surface area contributed by atoms with Crippen molar-refractivity contribution in [1.29, 1.82) is 0 Å². The molecule has 0 spiro atoms. The lowest BCUT2D eigenvalue weighted by Gasteiger charge is -2.08. The predicted octanol–water partition coefficient (Wildman–Crippen LogP) is 6.49. The number of nitrogens with one attached hydrogen (secondary N) is 2. The molecule has 0 atom stereocenters. The lowest BCUT2D eigenvalue weighted by atomic mass is 10.0. The molecule has 0 fully saturated rings. The number of hydrogen-bond donors (Lipinski definition) is 2. The molecule has 0 saturated carbocycles. The Labute approximate surface area is 146 Å². The van der Waals surface area contributed by atoms with Crippen LogP contribution in [0.25, 0.3) is 43.8 Å². The van der Waals surface area contributed by atoms with Gasteiger partial charge in [-0.3, -0.25) is 0 Å². The van der Waals surface area contributed by atoms with Gasteiger partial charge in [0.25, 0.3) is 0 Å². The molecular formula is C21H13F3N2. The second kappa shape index (κ2) is 5.14. The Bertz CT molecular complexity index is 1260. The van der Waals surface area contributed by atoms with E-state index < -0.39 is 11.7 Å². The zero-order valence-electron chi connectivity index (χ0n) is 13.5. The third-order valence-corrected chi connectivity index (χ3v) is 4.84. The molecule has 0 amide bonds. The number of fused-ring (bicyclic) bond motifs is 5. The highest BCUT2D eigenvalue weighted by Crippen LogP contribution is 2.34. The summed E-state index contributed by atoms with van der Waals surface area (Å²) in [5.74, 6) is 0. The zero-order valence-corrected chi connectivity index (χ0v) is 13.5. The van der Waals surface area contributed by atoms with Crippen LogP contribution in [0.2, 0.25) is 0 Å². The van der Waals surface area contributed by atoms with E-state index in [0.717, 1.165) is 56.0 Å². The molecule has 26 heavy (non-hydrogen) atoms. The number of H-pyrrole nitrogens is 2. The number of halogens is 3. The van der Waals surface area contributed by atoms with E-state index in [2.05, 4.69) is 22.1 Å². The molecular weight excluding hydrogens is 337 g/mol. The van der Waals surface area contributed by atoms with Crippen molar-refractivity contribution >= 4 is 32.7 Å². The van der Waals surface area contributed by atoms with Crippen molar-refractivity contribution in [3.8, 4) is 11.1 Å². The first kappa shape index (κ1) is 15.1. The van der Waals surface area contributed by atoms with E-state index in [4.69, 9.17) is 0 Å². The van der Waals surface area contributed by atoms with E-state index >= 15 is 0 Å². The van der Waals surface area contributed by atoms with E-state index in [0.29, 0.717) is 0 Å². The number of benzene rings is 3. The van der Waals surface area contributed by atoms with Crippen molar-refractivity contribution in [3.05, 3.63) is 72.4 Å². The molecule has 2 aromatic heterocycles. The van der Waals surface area contributed by atoms with Gasteiger partial charge in [-0.2, -0.15) is 13.2 Å². The lowest BCUT2D eigenvalue weighted by Crippen LogP contribution is -2.03. The molecule has 5 aromatic rings. The van der Waals surface area contributed by atoms with Crippen molar-refractivity contribution in [1.82, 2.24) is 9.97 Å². The van der Waals surface area contributed by atoms with E-state index in [9.17, 15) is 13.2 Å². The minimum Gasteiger partial charge on any atom is -0.359 e. The van der Waals surface area contributed by atoms with Crippen LogP contribution < -0.4 is 0 Å². The van der Waals surface area contributed by atoms with Crippen LogP contribution in [-0.2, 0) is 6.18 Å². The van der Waals surface area contributed by atoms with Crippen LogP contribution in [-0.4, -0.2) is 9.97 Å². The molecule has 0 saturated heterocycles. The standard InChI is InChI=1S/C21H13F3N2/c22-21(23,24)15-5-1-12(2-6-15)14-4-8-18-17(11-14)16-7-3-13-9-10-25-19(13)20(16)26-18/h1-11,25-26H. The summed E-state index contributed by atoms with van der Waals surface area (Å²) < 4.78 is 38.3. The van der Waals surface area contributed by atoms with Gasteiger partial charge in [0, 0.05) is 27.9 Å². The number of alkyl halides is 3. The van der Waals surface area contributed by atoms with E-state index in [1.54, 1.807) is 0 Å². The summed E-state index contributed by atoms with van der Waals surface area (Å²) in [6.07, 6.45) is -2.41. The Kier molecular flexibility index (Phi) is 2.98. The van der Waals surface area contributed by atoms with E-state index in [1.165, 1.54) is 12.1 Å². The van der Waals surface area contributed by atoms with Crippen molar-refractivity contribution < 1.29 is 13.2 Å². The predicted molar refractivity (Wildman–Crippen MR) is 98.1 cm³/mol. The molecule has 0 aliphatic rings. The van der Waals surface area contributed by atoms with E-state index in [1.807, 2.05) is 30.5 Å². The molecule has 3 aromatic carbocycles. The van der Waals surface area contributed by atoms with Crippen LogP contribution in [0.1, 0.15) is 5.56 Å². The first-order valence-corrected chi connectivity index (χ1v) is 8.20. The normalized spacial score (nSPS) is 12.4. The third kappa shape index (κ3) is 2.20.